The number of halogens is 1. The molecule has 0 unspecified atom stereocenters. The Labute approximate surface area is 59.9 Å². The highest BCUT2D eigenvalue weighted by molar-refractivity contribution is 5.25. The Morgan fingerprint density at radius 1 is 1.70 bits per heavy atom. The maximum absolute atomic E-state index is 12.6. The van der Waals surface area contributed by atoms with Crippen LogP contribution in [0, 0.1) is 0 Å². The Hall–Kier alpha value is -1.09. The molecule has 0 amide bonds. The quantitative estimate of drug-likeness (QED) is 0.355. The standard InChI is InChI=1S/C7H11FN2/c1-3-5-7(10-9)6(8)4-2/h3-5,10H,1,9H2,2H3/b6-4+,7-5+. The van der Waals surface area contributed by atoms with Crippen LogP contribution in [0.25, 0.3) is 0 Å². The van der Waals surface area contributed by atoms with Gasteiger partial charge in [0, 0.05) is 0 Å². The molecule has 0 aromatic heterocycles. The lowest BCUT2D eigenvalue weighted by Gasteiger charge is -2.00. The number of allylic oxidation sites excluding steroid dienone is 4. The second kappa shape index (κ2) is 4.76. The summed E-state index contributed by atoms with van der Waals surface area (Å²) in [6, 6.07) is 0. The maximum Gasteiger partial charge on any atom is 0.143 e. The van der Waals surface area contributed by atoms with Crippen molar-refractivity contribution in [3.05, 3.63) is 36.3 Å². The van der Waals surface area contributed by atoms with Crippen molar-refractivity contribution >= 4 is 0 Å². The molecule has 0 heterocycles. The summed E-state index contributed by atoms with van der Waals surface area (Å²) < 4.78 is 12.6. The minimum Gasteiger partial charge on any atom is -0.322 e. The normalized spacial score (nSPS) is 13.1. The smallest absolute Gasteiger partial charge is 0.143 e. The highest BCUT2D eigenvalue weighted by Gasteiger charge is 1.96. The van der Waals surface area contributed by atoms with Crippen molar-refractivity contribution in [3.8, 4) is 0 Å². The first kappa shape index (κ1) is 8.91. The molecule has 0 aromatic rings. The summed E-state index contributed by atoms with van der Waals surface area (Å²) in [5, 5.41) is 0. The van der Waals surface area contributed by atoms with Gasteiger partial charge in [-0.25, -0.2) is 4.39 Å². The molecule has 0 fully saturated rings. The van der Waals surface area contributed by atoms with Gasteiger partial charge in [-0.1, -0.05) is 12.7 Å². The predicted octanol–water partition coefficient (Wildman–Crippen LogP) is 1.39. The molecular weight excluding hydrogens is 131 g/mol. The molecule has 10 heavy (non-hydrogen) atoms. The lowest BCUT2D eigenvalue weighted by molar-refractivity contribution is 0.624. The Balaban J connectivity index is 4.35. The summed E-state index contributed by atoms with van der Waals surface area (Å²) in [5.41, 5.74) is 2.43. The zero-order chi connectivity index (χ0) is 7.98. The molecule has 0 bridgehead atoms. The molecule has 0 radical (unpaired) electrons. The summed E-state index contributed by atoms with van der Waals surface area (Å²) in [5.74, 6) is 4.60. The highest BCUT2D eigenvalue weighted by Crippen LogP contribution is 2.05. The monoisotopic (exact) mass is 142 g/mol. The van der Waals surface area contributed by atoms with Crippen LogP contribution in [0.15, 0.2) is 36.3 Å². The van der Waals surface area contributed by atoms with Gasteiger partial charge < -0.3 is 5.43 Å². The maximum atomic E-state index is 12.6. The van der Waals surface area contributed by atoms with Gasteiger partial charge in [0.25, 0.3) is 0 Å². The van der Waals surface area contributed by atoms with E-state index >= 15 is 0 Å². The molecule has 2 nitrogen and oxygen atoms in total. The van der Waals surface area contributed by atoms with Gasteiger partial charge in [-0.15, -0.1) is 0 Å². The van der Waals surface area contributed by atoms with Gasteiger partial charge in [0.1, 0.15) is 5.83 Å². The van der Waals surface area contributed by atoms with Gasteiger partial charge in [-0.2, -0.15) is 0 Å². The second-order valence-corrected chi connectivity index (χ2v) is 1.60. The number of nitrogens with two attached hydrogens (primary N) is 1. The topological polar surface area (TPSA) is 38.0 Å². The van der Waals surface area contributed by atoms with Crippen molar-refractivity contribution in [2.45, 2.75) is 6.92 Å². The molecule has 0 saturated carbocycles. The first-order valence-electron chi connectivity index (χ1n) is 2.87. The van der Waals surface area contributed by atoms with E-state index < -0.39 is 0 Å². The molecule has 0 aliphatic rings. The Morgan fingerprint density at radius 2 is 2.30 bits per heavy atom. The van der Waals surface area contributed by atoms with Crippen LogP contribution in [-0.4, -0.2) is 0 Å². The minimum absolute atomic E-state index is 0.234. The van der Waals surface area contributed by atoms with E-state index in [0.29, 0.717) is 0 Å². The largest absolute Gasteiger partial charge is 0.322 e. The minimum atomic E-state index is -0.387. The van der Waals surface area contributed by atoms with Crippen molar-refractivity contribution in [2.24, 2.45) is 5.84 Å². The van der Waals surface area contributed by atoms with E-state index in [1.165, 1.54) is 18.2 Å². The molecule has 3 heteroatoms. The molecule has 0 rings (SSSR count). The fourth-order valence-corrected chi connectivity index (χ4v) is 0.470. The lowest BCUT2D eigenvalue weighted by Crippen LogP contribution is -2.21. The number of rotatable bonds is 3. The van der Waals surface area contributed by atoms with E-state index in [9.17, 15) is 4.39 Å². The molecular formula is C7H11FN2. The summed E-state index contributed by atoms with van der Waals surface area (Å²) >= 11 is 0. The summed E-state index contributed by atoms with van der Waals surface area (Å²) in [4.78, 5) is 0. The third-order valence-electron chi connectivity index (χ3n) is 0.951. The van der Waals surface area contributed by atoms with Gasteiger partial charge >= 0.3 is 0 Å². The average Bonchev–Trinajstić information content (AvgIpc) is 1.99. The Morgan fingerprint density at radius 3 is 2.60 bits per heavy atom. The fourth-order valence-electron chi connectivity index (χ4n) is 0.470. The van der Waals surface area contributed by atoms with Gasteiger partial charge in [0.05, 0.1) is 5.70 Å². The molecule has 0 saturated heterocycles. The van der Waals surface area contributed by atoms with E-state index in [2.05, 4.69) is 12.0 Å². The van der Waals surface area contributed by atoms with Crippen LogP contribution < -0.4 is 11.3 Å². The van der Waals surface area contributed by atoms with Gasteiger partial charge in [0.2, 0.25) is 0 Å². The number of nitrogens with one attached hydrogen (secondary N) is 1. The van der Waals surface area contributed by atoms with Gasteiger partial charge in [-0.05, 0) is 19.1 Å². The zero-order valence-electron chi connectivity index (χ0n) is 5.89. The summed E-state index contributed by atoms with van der Waals surface area (Å²) in [7, 11) is 0. The molecule has 0 atom stereocenters. The average molecular weight is 142 g/mol. The van der Waals surface area contributed by atoms with Crippen LogP contribution in [0.1, 0.15) is 6.92 Å². The van der Waals surface area contributed by atoms with Crippen LogP contribution >= 0.6 is 0 Å². The van der Waals surface area contributed by atoms with Crippen molar-refractivity contribution < 1.29 is 4.39 Å². The van der Waals surface area contributed by atoms with Gasteiger partial charge in [0.15, 0.2) is 0 Å². The Kier molecular flexibility index (Phi) is 4.24. The SMILES string of the molecule is C=C/C=C(NN)\C(F)=C/C. The first-order valence-corrected chi connectivity index (χ1v) is 2.87. The predicted molar refractivity (Wildman–Crippen MR) is 40.5 cm³/mol. The zero-order valence-corrected chi connectivity index (χ0v) is 5.89. The van der Waals surface area contributed by atoms with Crippen molar-refractivity contribution in [1.29, 1.82) is 0 Å². The Bertz CT molecular complexity index is 170. The van der Waals surface area contributed by atoms with Crippen molar-refractivity contribution in [1.82, 2.24) is 5.43 Å². The van der Waals surface area contributed by atoms with Crippen LogP contribution in [0.3, 0.4) is 0 Å². The summed E-state index contributed by atoms with van der Waals surface area (Å²) in [6.45, 7) is 4.99. The molecule has 0 aromatic carbocycles. The van der Waals surface area contributed by atoms with Crippen molar-refractivity contribution in [2.75, 3.05) is 0 Å². The molecule has 0 aliphatic heterocycles. The first-order chi connectivity index (χ1) is 4.76. The molecule has 3 N–H and O–H groups in total. The number of hydrogen-bond acceptors (Lipinski definition) is 2. The second-order valence-electron chi connectivity index (χ2n) is 1.60. The fraction of sp³-hybridized carbons (Fsp3) is 0.143. The van der Waals surface area contributed by atoms with E-state index in [1.807, 2.05) is 0 Å². The van der Waals surface area contributed by atoms with Crippen LogP contribution in [0.4, 0.5) is 4.39 Å². The third-order valence-corrected chi connectivity index (χ3v) is 0.951. The number of hydrogen-bond donors (Lipinski definition) is 2. The number of hydrazine groups is 1. The summed E-state index contributed by atoms with van der Waals surface area (Å²) in [6.07, 6.45) is 4.22. The lowest BCUT2D eigenvalue weighted by atomic mass is 10.3. The molecule has 0 aliphatic carbocycles. The van der Waals surface area contributed by atoms with E-state index in [1.54, 1.807) is 6.92 Å². The van der Waals surface area contributed by atoms with Crippen LogP contribution in [-0.2, 0) is 0 Å². The van der Waals surface area contributed by atoms with Crippen LogP contribution in [0.5, 0.6) is 0 Å². The van der Waals surface area contributed by atoms with E-state index in [-0.39, 0.29) is 11.5 Å². The highest BCUT2D eigenvalue weighted by atomic mass is 19.1. The molecule has 0 spiro atoms. The third kappa shape index (κ3) is 2.46. The van der Waals surface area contributed by atoms with E-state index in [0.717, 1.165) is 0 Å². The van der Waals surface area contributed by atoms with E-state index in [4.69, 9.17) is 5.84 Å². The molecule has 56 valence electrons. The van der Waals surface area contributed by atoms with Gasteiger partial charge in [-0.3, -0.25) is 5.84 Å². The van der Waals surface area contributed by atoms with Crippen molar-refractivity contribution in [3.63, 3.8) is 0 Å². The van der Waals surface area contributed by atoms with Crippen LogP contribution in [0.2, 0.25) is 0 Å².